The first-order chi connectivity index (χ1) is 17.5. The van der Waals surface area contributed by atoms with Crippen molar-refractivity contribution in [3.05, 3.63) is 85.9 Å². The average Bonchev–Trinajstić information content (AvgIpc) is 2.87. The van der Waals surface area contributed by atoms with E-state index in [9.17, 15) is 9.59 Å². The molecular weight excluding hydrogens is 468 g/mol. The second-order valence-corrected chi connectivity index (χ2v) is 10.6. The summed E-state index contributed by atoms with van der Waals surface area (Å²) in [6, 6.07) is 8.49. The number of thioether (sulfide) groups is 1. The van der Waals surface area contributed by atoms with Crippen molar-refractivity contribution < 1.29 is 0 Å². The minimum atomic E-state index is -0.303. The SMILES string of the molecule is CCCCCCCCCCCn1cc(Cc2cnc(=O)n(C)c2)c(=O)nc1SCc1ccc(C)cc1. The summed E-state index contributed by atoms with van der Waals surface area (Å²) in [5.41, 5.74) is 3.40. The van der Waals surface area contributed by atoms with Gasteiger partial charge in [-0.1, -0.05) is 99.9 Å². The van der Waals surface area contributed by atoms with Crippen molar-refractivity contribution in [1.29, 1.82) is 0 Å². The third-order valence-corrected chi connectivity index (χ3v) is 7.48. The zero-order valence-corrected chi connectivity index (χ0v) is 22.9. The zero-order valence-electron chi connectivity index (χ0n) is 22.0. The molecule has 2 aromatic heterocycles. The van der Waals surface area contributed by atoms with Gasteiger partial charge in [0.25, 0.3) is 5.56 Å². The van der Waals surface area contributed by atoms with Crippen LogP contribution in [0.2, 0.25) is 0 Å². The third-order valence-electron chi connectivity index (χ3n) is 6.42. The number of unbranched alkanes of at least 4 members (excludes halogenated alkanes) is 8. The number of benzene rings is 1. The first kappa shape index (κ1) is 27.9. The molecule has 0 amide bonds. The minimum Gasteiger partial charge on any atom is -0.327 e. The van der Waals surface area contributed by atoms with Gasteiger partial charge in [0.2, 0.25) is 0 Å². The number of aromatic nitrogens is 4. The van der Waals surface area contributed by atoms with Crippen molar-refractivity contribution >= 4 is 11.8 Å². The summed E-state index contributed by atoms with van der Waals surface area (Å²) in [6.45, 7) is 5.18. The normalized spacial score (nSPS) is 11.2. The topological polar surface area (TPSA) is 69.8 Å². The lowest BCUT2D eigenvalue weighted by molar-refractivity contribution is 0.513. The molecule has 0 spiro atoms. The highest BCUT2D eigenvalue weighted by molar-refractivity contribution is 7.98. The summed E-state index contributed by atoms with van der Waals surface area (Å²) in [7, 11) is 1.67. The monoisotopic (exact) mass is 508 g/mol. The fraction of sp³-hybridized carbons (Fsp3) is 0.517. The molecule has 0 unspecified atom stereocenters. The molecular formula is C29H40N4O2S. The van der Waals surface area contributed by atoms with Crippen molar-refractivity contribution in [3.8, 4) is 0 Å². The van der Waals surface area contributed by atoms with Gasteiger partial charge in [-0.15, -0.1) is 0 Å². The van der Waals surface area contributed by atoms with Crippen molar-refractivity contribution in [1.82, 2.24) is 19.1 Å². The first-order valence-electron chi connectivity index (χ1n) is 13.3. The van der Waals surface area contributed by atoms with Gasteiger partial charge < -0.3 is 9.13 Å². The van der Waals surface area contributed by atoms with Crippen LogP contribution >= 0.6 is 11.8 Å². The van der Waals surface area contributed by atoms with Crippen molar-refractivity contribution in [2.45, 2.75) is 95.5 Å². The highest BCUT2D eigenvalue weighted by Gasteiger charge is 2.11. The predicted octanol–water partition coefficient (Wildman–Crippen LogP) is 6.06. The van der Waals surface area contributed by atoms with Gasteiger partial charge in [-0.2, -0.15) is 4.98 Å². The van der Waals surface area contributed by atoms with E-state index in [1.165, 1.54) is 67.1 Å². The minimum absolute atomic E-state index is 0.210. The number of hydrogen-bond donors (Lipinski definition) is 0. The Balaban J connectivity index is 1.67. The molecule has 0 saturated heterocycles. The van der Waals surface area contributed by atoms with E-state index in [1.807, 2.05) is 6.20 Å². The zero-order chi connectivity index (χ0) is 25.8. The Hall–Kier alpha value is -2.67. The maximum Gasteiger partial charge on any atom is 0.347 e. The van der Waals surface area contributed by atoms with Crippen LogP contribution < -0.4 is 11.2 Å². The molecule has 0 aliphatic rings. The Labute approximate surface area is 219 Å². The van der Waals surface area contributed by atoms with Crippen LogP contribution in [0.4, 0.5) is 0 Å². The molecule has 6 nitrogen and oxygen atoms in total. The van der Waals surface area contributed by atoms with Crippen LogP contribution in [-0.2, 0) is 25.8 Å². The molecule has 36 heavy (non-hydrogen) atoms. The Bertz CT molecular complexity index is 1200. The average molecular weight is 509 g/mol. The summed E-state index contributed by atoms with van der Waals surface area (Å²) in [5, 5.41) is 0.766. The van der Waals surface area contributed by atoms with Crippen molar-refractivity contribution in [3.63, 3.8) is 0 Å². The third kappa shape index (κ3) is 9.08. The first-order valence-corrected chi connectivity index (χ1v) is 14.2. The van der Waals surface area contributed by atoms with Gasteiger partial charge >= 0.3 is 5.69 Å². The highest BCUT2D eigenvalue weighted by atomic mass is 32.2. The summed E-state index contributed by atoms with van der Waals surface area (Å²) in [4.78, 5) is 32.9. The van der Waals surface area contributed by atoms with E-state index >= 15 is 0 Å². The number of nitrogens with zero attached hydrogens (tertiary/aromatic N) is 4. The van der Waals surface area contributed by atoms with Gasteiger partial charge in [0.05, 0.1) is 0 Å². The largest absolute Gasteiger partial charge is 0.347 e. The van der Waals surface area contributed by atoms with Crippen LogP contribution in [0, 0.1) is 6.92 Å². The Morgan fingerprint density at radius 1 is 0.861 bits per heavy atom. The lowest BCUT2D eigenvalue weighted by atomic mass is 10.1. The molecule has 0 N–H and O–H groups in total. The molecule has 194 valence electrons. The van der Waals surface area contributed by atoms with Crippen LogP contribution in [-0.4, -0.2) is 19.1 Å². The fourth-order valence-electron chi connectivity index (χ4n) is 4.22. The van der Waals surface area contributed by atoms with E-state index < -0.39 is 0 Å². The van der Waals surface area contributed by atoms with E-state index in [0.717, 1.165) is 29.4 Å². The molecule has 2 heterocycles. The van der Waals surface area contributed by atoms with Gasteiger partial charge in [-0.05, 0) is 24.5 Å². The van der Waals surface area contributed by atoms with E-state index in [0.29, 0.717) is 12.0 Å². The van der Waals surface area contributed by atoms with Crippen LogP contribution in [0.15, 0.2) is 57.6 Å². The number of hydrogen-bond acceptors (Lipinski definition) is 5. The maximum absolute atomic E-state index is 12.9. The molecule has 3 rings (SSSR count). The maximum atomic E-state index is 12.9. The van der Waals surface area contributed by atoms with Gasteiger partial charge in [0.15, 0.2) is 5.16 Å². The van der Waals surface area contributed by atoms with Crippen molar-refractivity contribution in [2.24, 2.45) is 7.05 Å². The second kappa shape index (κ2) is 14.8. The van der Waals surface area contributed by atoms with Gasteiger partial charge in [-0.3, -0.25) is 4.79 Å². The highest BCUT2D eigenvalue weighted by Crippen LogP contribution is 2.22. The smallest absolute Gasteiger partial charge is 0.327 e. The quantitative estimate of drug-likeness (QED) is 0.142. The summed E-state index contributed by atoms with van der Waals surface area (Å²) in [6.07, 6.45) is 17.1. The molecule has 7 heteroatoms. The van der Waals surface area contributed by atoms with Crippen molar-refractivity contribution in [2.75, 3.05) is 0 Å². The molecule has 3 aromatic rings. The lowest BCUT2D eigenvalue weighted by Crippen LogP contribution is -2.22. The molecule has 0 fully saturated rings. The summed E-state index contributed by atoms with van der Waals surface area (Å²) in [5.74, 6) is 0.772. The van der Waals surface area contributed by atoms with Crippen LogP contribution in [0.1, 0.15) is 87.0 Å². The summed E-state index contributed by atoms with van der Waals surface area (Å²) >= 11 is 1.61. The molecule has 1 aromatic carbocycles. The van der Waals surface area contributed by atoms with Gasteiger partial charge in [-0.25, -0.2) is 9.78 Å². The van der Waals surface area contributed by atoms with E-state index in [2.05, 4.69) is 52.6 Å². The van der Waals surface area contributed by atoms with Gasteiger partial charge in [0, 0.05) is 49.9 Å². The van der Waals surface area contributed by atoms with E-state index in [-0.39, 0.29) is 11.2 Å². The molecule has 0 radical (unpaired) electrons. The standard InChI is InChI=1S/C29H40N4O2S/c1-4-5-6-7-8-9-10-11-12-17-33-21-26(18-25-19-30-28(35)32(3)20-25)27(34)31-29(33)36-22-24-15-13-23(2)14-16-24/h13-16,19-21H,4-12,17-18,22H2,1-3H3. The van der Waals surface area contributed by atoms with Crippen LogP contribution in [0.25, 0.3) is 0 Å². The Morgan fingerprint density at radius 3 is 2.19 bits per heavy atom. The fourth-order valence-corrected chi connectivity index (χ4v) is 5.17. The molecule has 0 atom stereocenters. The van der Waals surface area contributed by atoms with Crippen LogP contribution in [0.3, 0.4) is 0 Å². The summed E-state index contributed by atoms with van der Waals surface area (Å²) < 4.78 is 3.58. The number of rotatable bonds is 15. The molecule has 0 aliphatic heterocycles. The molecule has 0 aliphatic carbocycles. The molecule has 0 bridgehead atoms. The molecule has 0 saturated carbocycles. The lowest BCUT2D eigenvalue weighted by Gasteiger charge is -2.14. The Kier molecular flexibility index (Phi) is 11.5. The van der Waals surface area contributed by atoms with Gasteiger partial charge in [0.1, 0.15) is 0 Å². The second-order valence-electron chi connectivity index (χ2n) is 9.68. The number of aryl methyl sites for hydroxylation is 3. The van der Waals surface area contributed by atoms with E-state index in [4.69, 9.17) is 0 Å². The predicted molar refractivity (Wildman–Crippen MR) is 149 cm³/mol. The van der Waals surface area contributed by atoms with Crippen LogP contribution in [0.5, 0.6) is 0 Å². The Morgan fingerprint density at radius 2 is 1.53 bits per heavy atom. The van der Waals surface area contributed by atoms with E-state index in [1.54, 1.807) is 31.2 Å².